The lowest BCUT2D eigenvalue weighted by Gasteiger charge is -2.27. The highest BCUT2D eigenvalue weighted by atomic mass is 35.5. The van der Waals surface area contributed by atoms with E-state index >= 15 is 0 Å². The Hall–Kier alpha value is -3.44. The third kappa shape index (κ3) is 4.23. The molecule has 3 aromatic rings. The highest BCUT2D eigenvalue weighted by molar-refractivity contribution is 6.30. The summed E-state index contributed by atoms with van der Waals surface area (Å²) in [5.41, 5.74) is 1.83. The van der Waals surface area contributed by atoms with Crippen molar-refractivity contribution in [1.82, 2.24) is 0 Å². The maximum absolute atomic E-state index is 13.9. The number of carbonyl (C=O) groups excluding carboxylic acids is 2. The summed E-state index contributed by atoms with van der Waals surface area (Å²) in [6.45, 7) is 0. The second kappa shape index (κ2) is 8.74. The van der Waals surface area contributed by atoms with Gasteiger partial charge in [0.1, 0.15) is 5.82 Å². The van der Waals surface area contributed by atoms with Crippen LogP contribution < -0.4 is 4.90 Å². The van der Waals surface area contributed by atoms with Crippen LogP contribution in [0.15, 0.2) is 90.2 Å². The Morgan fingerprint density at radius 1 is 1.00 bits per heavy atom. The minimum atomic E-state index is -0.880. The lowest BCUT2D eigenvalue weighted by molar-refractivity contribution is -0.118. The number of nitrogens with zero attached hydrogens (tertiary/aromatic N) is 1. The largest absolute Gasteiger partial charge is 0.503 e. The molecule has 3 aromatic carbocycles. The highest BCUT2D eigenvalue weighted by Crippen LogP contribution is 2.41. The van der Waals surface area contributed by atoms with Gasteiger partial charge in [0.15, 0.2) is 11.5 Å². The molecule has 31 heavy (non-hydrogen) atoms. The van der Waals surface area contributed by atoms with Crippen LogP contribution in [-0.4, -0.2) is 16.8 Å². The Kier molecular flexibility index (Phi) is 5.87. The minimum absolute atomic E-state index is 0.00696. The van der Waals surface area contributed by atoms with Crippen molar-refractivity contribution in [3.63, 3.8) is 0 Å². The number of aliphatic hydroxyl groups excluding tert-OH is 1. The molecule has 0 spiro atoms. The van der Waals surface area contributed by atoms with E-state index in [4.69, 9.17) is 11.6 Å². The monoisotopic (exact) mass is 435 g/mol. The van der Waals surface area contributed by atoms with Gasteiger partial charge in [0, 0.05) is 17.1 Å². The van der Waals surface area contributed by atoms with Gasteiger partial charge in [-0.2, -0.15) is 0 Å². The zero-order valence-electron chi connectivity index (χ0n) is 16.5. The summed E-state index contributed by atoms with van der Waals surface area (Å²) in [7, 11) is 0. The van der Waals surface area contributed by atoms with Crippen molar-refractivity contribution >= 4 is 29.0 Å². The van der Waals surface area contributed by atoms with E-state index in [1.165, 1.54) is 23.1 Å². The number of aryl methyl sites for hydroxylation is 1. The molecule has 156 valence electrons. The molecule has 1 aliphatic heterocycles. The number of rotatable bonds is 6. The molecule has 0 aliphatic carbocycles. The van der Waals surface area contributed by atoms with Crippen LogP contribution in [0.3, 0.4) is 0 Å². The number of hydrogen-bond acceptors (Lipinski definition) is 3. The van der Waals surface area contributed by atoms with Crippen LogP contribution >= 0.6 is 11.6 Å². The second-order valence-corrected chi connectivity index (χ2v) is 7.72. The van der Waals surface area contributed by atoms with Gasteiger partial charge in [0.05, 0.1) is 11.6 Å². The van der Waals surface area contributed by atoms with Crippen molar-refractivity contribution < 1.29 is 19.1 Å². The third-order valence-corrected chi connectivity index (χ3v) is 5.52. The SMILES string of the molecule is O=C(CCc1ccccc1)C1=C(O)C(=O)N(c2cccc(F)c2)C1c1ccc(Cl)cc1. The fourth-order valence-electron chi connectivity index (χ4n) is 3.78. The first-order chi connectivity index (χ1) is 15.0. The highest BCUT2D eigenvalue weighted by Gasteiger charge is 2.44. The van der Waals surface area contributed by atoms with E-state index in [1.807, 2.05) is 30.3 Å². The van der Waals surface area contributed by atoms with Gasteiger partial charge in [0.25, 0.3) is 5.91 Å². The van der Waals surface area contributed by atoms with Crippen molar-refractivity contribution in [3.05, 3.63) is 112 Å². The quantitative estimate of drug-likeness (QED) is 0.549. The summed E-state index contributed by atoms with van der Waals surface area (Å²) < 4.78 is 13.9. The Labute approximate surface area is 184 Å². The molecular weight excluding hydrogens is 417 g/mol. The van der Waals surface area contributed by atoms with Crippen LogP contribution in [0.25, 0.3) is 0 Å². The van der Waals surface area contributed by atoms with Gasteiger partial charge in [-0.3, -0.25) is 14.5 Å². The van der Waals surface area contributed by atoms with Crippen LogP contribution in [-0.2, 0) is 16.0 Å². The molecule has 4 nitrogen and oxygen atoms in total. The normalized spacial score (nSPS) is 16.1. The summed E-state index contributed by atoms with van der Waals surface area (Å²) in [5, 5.41) is 11.2. The standard InChI is InChI=1S/C25H19ClFNO3/c26-18-12-10-17(11-13-18)23-22(21(29)14-9-16-5-2-1-3-6-16)24(30)25(31)28(23)20-8-4-7-19(27)15-20/h1-8,10-13,15,23,30H,9,14H2. The summed E-state index contributed by atoms with van der Waals surface area (Å²) in [5.74, 6) is -2.21. The first-order valence-corrected chi connectivity index (χ1v) is 10.2. The molecule has 0 aromatic heterocycles. The van der Waals surface area contributed by atoms with Crippen LogP contribution in [0, 0.1) is 5.82 Å². The zero-order valence-corrected chi connectivity index (χ0v) is 17.2. The van der Waals surface area contributed by atoms with Gasteiger partial charge in [-0.1, -0.05) is 60.1 Å². The molecule has 0 radical (unpaired) electrons. The molecule has 1 amide bonds. The molecule has 0 saturated heterocycles. The Balaban J connectivity index is 1.73. The van der Waals surface area contributed by atoms with Crippen molar-refractivity contribution in [1.29, 1.82) is 0 Å². The van der Waals surface area contributed by atoms with Crippen LogP contribution in [0.1, 0.15) is 23.6 Å². The van der Waals surface area contributed by atoms with E-state index in [1.54, 1.807) is 30.3 Å². The summed E-state index contributed by atoms with van der Waals surface area (Å²) in [6.07, 6.45) is 0.593. The number of ketones is 1. The number of halogens is 2. The maximum Gasteiger partial charge on any atom is 0.294 e. The molecule has 6 heteroatoms. The van der Waals surface area contributed by atoms with Crippen LogP contribution in [0.2, 0.25) is 5.02 Å². The molecule has 0 bridgehead atoms. The molecule has 1 heterocycles. The van der Waals surface area contributed by atoms with Crippen molar-refractivity contribution in [2.45, 2.75) is 18.9 Å². The topological polar surface area (TPSA) is 57.6 Å². The molecule has 1 N–H and O–H groups in total. The fourth-order valence-corrected chi connectivity index (χ4v) is 3.91. The average Bonchev–Trinajstić information content (AvgIpc) is 3.04. The van der Waals surface area contributed by atoms with E-state index in [0.717, 1.165) is 5.56 Å². The molecule has 1 atom stereocenters. The average molecular weight is 436 g/mol. The third-order valence-electron chi connectivity index (χ3n) is 5.26. The Morgan fingerprint density at radius 2 is 1.71 bits per heavy atom. The van der Waals surface area contributed by atoms with Gasteiger partial charge >= 0.3 is 0 Å². The zero-order chi connectivity index (χ0) is 22.0. The summed E-state index contributed by atoms with van der Waals surface area (Å²) >= 11 is 6.01. The van der Waals surface area contributed by atoms with E-state index in [-0.39, 0.29) is 23.5 Å². The first kappa shape index (κ1) is 20.8. The van der Waals surface area contributed by atoms with Gasteiger partial charge < -0.3 is 5.11 Å². The summed E-state index contributed by atoms with van der Waals surface area (Å²) in [4.78, 5) is 27.4. The second-order valence-electron chi connectivity index (χ2n) is 7.28. The molecule has 4 rings (SSSR count). The molecule has 0 saturated carbocycles. The maximum atomic E-state index is 13.9. The lowest BCUT2D eigenvalue weighted by Crippen LogP contribution is -2.31. The van der Waals surface area contributed by atoms with E-state index in [0.29, 0.717) is 17.0 Å². The predicted octanol–water partition coefficient (Wildman–Crippen LogP) is 5.58. The fraction of sp³-hybridized carbons (Fsp3) is 0.120. The molecule has 1 aliphatic rings. The molecular formula is C25H19ClFNO3. The predicted molar refractivity (Wildman–Crippen MR) is 118 cm³/mol. The number of amides is 1. The summed E-state index contributed by atoms with van der Waals surface area (Å²) in [6, 6.07) is 20.8. The van der Waals surface area contributed by atoms with E-state index in [2.05, 4.69) is 0 Å². The number of benzene rings is 3. The number of hydrogen-bond donors (Lipinski definition) is 1. The van der Waals surface area contributed by atoms with Gasteiger partial charge in [-0.25, -0.2) is 4.39 Å². The van der Waals surface area contributed by atoms with Crippen LogP contribution in [0.5, 0.6) is 0 Å². The minimum Gasteiger partial charge on any atom is -0.503 e. The number of anilines is 1. The number of aliphatic hydroxyl groups is 1. The Morgan fingerprint density at radius 3 is 2.39 bits per heavy atom. The lowest BCUT2D eigenvalue weighted by atomic mass is 9.93. The smallest absolute Gasteiger partial charge is 0.294 e. The van der Waals surface area contributed by atoms with Crippen molar-refractivity contribution in [2.24, 2.45) is 0 Å². The Bertz CT molecular complexity index is 1160. The van der Waals surface area contributed by atoms with Gasteiger partial charge in [-0.15, -0.1) is 0 Å². The van der Waals surface area contributed by atoms with Gasteiger partial charge in [0.2, 0.25) is 0 Å². The van der Waals surface area contributed by atoms with E-state index in [9.17, 15) is 19.1 Å². The number of Topliss-reactive ketones (excluding diaryl/α,β-unsaturated/α-hetero) is 1. The van der Waals surface area contributed by atoms with Crippen molar-refractivity contribution in [3.8, 4) is 0 Å². The first-order valence-electron chi connectivity index (χ1n) is 9.80. The van der Waals surface area contributed by atoms with Gasteiger partial charge in [-0.05, 0) is 47.9 Å². The number of carbonyl (C=O) groups is 2. The molecule has 0 fully saturated rings. The van der Waals surface area contributed by atoms with Crippen molar-refractivity contribution in [2.75, 3.05) is 4.90 Å². The van der Waals surface area contributed by atoms with E-state index < -0.39 is 23.5 Å². The van der Waals surface area contributed by atoms with Crippen LogP contribution in [0.4, 0.5) is 10.1 Å². The molecule has 1 unspecified atom stereocenters.